The smallest absolute Gasteiger partial charge is 0.136 e. The average Bonchev–Trinajstić information content (AvgIpc) is 2.47. The van der Waals surface area contributed by atoms with Gasteiger partial charge in [0.15, 0.2) is 0 Å². The lowest BCUT2D eigenvalue weighted by molar-refractivity contribution is 0.176. The Morgan fingerprint density at radius 3 is 2.89 bits per heavy atom. The maximum atomic E-state index is 9.16. The highest BCUT2D eigenvalue weighted by Gasteiger charge is 2.22. The molecule has 4 heteroatoms. The van der Waals surface area contributed by atoms with Crippen molar-refractivity contribution >= 4 is 0 Å². The van der Waals surface area contributed by atoms with Gasteiger partial charge in [0.2, 0.25) is 0 Å². The summed E-state index contributed by atoms with van der Waals surface area (Å²) in [6, 6.07) is 10.1. The van der Waals surface area contributed by atoms with Crippen LogP contribution in [0.25, 0.3) is 0 Å². The molecule has 1 aliphatic heterocycles. The van der Waals surface area contributed by atoms with E-state index in [1.54, 1.807) is 7.11 Å². The van der Waals surface area contributed by atoms with Gasteiger partial charge < -0.3 is 4.74 Å². The first-order valence-electron chi connectivity index (χ1n) is 6.49. The molecule has 98 valence electrons. The minimum absolute atomic E-state index is 0.00128. The Hall–Kier alpha value is -2.04. The summed E-state index contributed by atoms with van der Waals surface area (Å²) >= 11 is 0. The lowest BCUT2D eigenvalue weighted by atomic mass is 10.0. The molecule has 1 aromatic rings. The van der Waals surface area contributed by atoms with Crippen molar-refractivity contribution < 1.29 is 4.74 Å². The third kappa shape index (κ3) is 3.05. The van der Waals surface area contributed by atoms with Gasteiger partial charge in [-0.05, 0) is 43.5 Å². The minimum Gasteiger partial charge on any atom is -0.495 e. The van der Waals surface area contributed by atoms with Gasteiger partial charge in [-0.3, -0.25) is 4.90 Å². The first kappa shape index (κ1) is 13.4. The molecular formula is C15H17N3O. The van der Waals surface area contributed by atoms with Gasteiger partial charge in [-0.2, -0.15) is 10.5 Å². The van der Waals surface area contributed by atoms with Gasteiger partial charge >= 0.3 is 0 Å². The Morgan fingerprint density at radius 2 is 2.21 bits per heavy atom. The van der Waals surface area contributed by atoms with E-state index in [-0.39, 0.29) is 6.04 Å². The predicted octanol–water partition coefficient (Wildman–Crippen LogP) is 2.44. The Kier molecular flexibility index (Phi) is 4.39. The SMILES string of the molecule is COc1ccc(CN2CCCCC2C#N)cc1C#N. The zero-order valence-corrected chi connectivity index (χ0v) is 11.1. The summed E-state index contributed by atoms with van der Waals surface area (Å²) in [6.07, 6.45) is 3.21. The van der Waals surface area contributed by atoms with Crippen molar-refractivity contribution in [3.63, 3.8) is 0 Å². The molecule has 1 fully saturated rings. The second kappa shape index (κ2) is 6.22. The van der Waals surface area contributed by atoms with Gasteiger partial charge in [-0.15, -0.1) is 0 Å². The first-order chi connectivity index (χ1) is 9.28. The molecule has 1 atom stereocenters. The zero-order valence-electron chi connectivity index (χ0n) is 11.1. The van der Waals surface area contributed by atoms with Crippen molar-refractivity contribution in [3.8, 4) is 17.9 Å². The molecule has 0 bridgehead atoms. The van der Waals surface area contributed by atoms with Gasteiger partial charge in [0.1, 0.15) is 11.8 Å². The molecule has 0 saturated carbocycles. The molecule has 2 rings (SSSR count). The van der Waals surface area contributed by atoms with E-state index in [4.69, 9.17) is 15.3 Å². The molecule has 0 spiro atoms. The summed E-state index contributed by atoms with van der Waals surface area (Å²) in [7, 11) is 1.56. The van der Waals surface area contributed by atoms with Crippen molar-refractivity contribution in [1.29, 1.82) is 10.5 Å². The summed E-state index contributed by atoms with van der Waals surface area (Å²) in [5.74, 6) is 0.599. The van der Waals surface area contributed by atoms with E-state index in [2.05, 4.69) is 17.0 Å². The number of rotatable bonds is 3. The quantitative estimate of drug-likeness (QED) is 0.832. The van der Waals surface area contributed by atoms with Crippen LogP contribution in [0.2, 0.25) is 0 Å². The third-order valence-corrected chi connectivity index (χ3v) is 3.53. The summed E-state index contributed by atoms with van der Waals surface area (Å²) in [5, 5.41) is 18.2. The van der Waals surface area contributed by atoms with Gasteiger partial charge in [0.05, 0.1) is 24.8 Å². The fourth-order valence-corrected chi connectivity index (χ4v) is 2.50. The normalized spacial score (nSPS) is 19.4. The van der Waals surface area contributed by atoms with Crippen LogP contribution in [0, 0.1) is 22.7 Å². The third-order valence-electron chi connectivity index (χ3n) is 3.53. The van der Waals surface area contributed by atoms with Crippen LogP contribution in [0.4, 0.5) is 0 Å². The largest absolute Gasteiger partial charge is 0.495 e. The van der Waals surface area contributed by atoms with Crippen molar-refractivity contribution in [2.45, 2.75) is 31.8 Å². The van der Waals surface area contributed by atoms with Crippen LogP contribution < -0.4 is 4.74 Å². The molecule has 19 heavy (non-hydrogen) atoms. The van der Waals surface area contributed by atoms with Crippen molar-refractivity contribution in [2.75, 3.05) is 13.7 Å². The number of ether oxygens (including phenoxy) is 1. The topological polar surface area (TPSA) is 60.0 Å². The lowest BCUT2D eigenvalue weighted by Crippen LogP contribution is -2.37. The van der Waals surface area contributed by atoms with Gasteiger partial charge in [0, 0.05) is 6.54 Å². The molecule has 1 unspecified atom stereocenters. The van der Waals surface area contributed by atoms with Crippen LogP contribution in [0.1, 0.15) is 30.4 Å². The second-order valence-corrected chi connectivity index (χ2v) is 4.76. The molecule has 0 aromatic heterocycles. The van der Waals surface area contributed by atoms with E-state index >= 15 is 0 Å². The molecule has 1 heterocycles. The summed E-state index contributed by atoms with van der Waals surface area (Å²) in [6.45, 7) is 1.67. The second-order valence-electron chi connectivity index (χ2n) is 4.76. The number of hydrogen-bond donors (Lipinski definition) is 0. The van der Waals surface area contributed by atoms with Crippen molar-refractivity contribution in [2.24, 2.45) is 0 Å². The Labute approximate surface area is 113 Å². The van der Waals surface area contributed by atoms with Gasteiger partial charge in [-0.1, -0.05) is 6.07 Å². The van der Waals surface area contributed by atoms with E-state index in [9.17, 15) is 0 Å². The highest BCUT2D eigenvalue weighted by atomic mass is 16.5. The van der Waals surface area contributed by atoms with Crippen LogP contribution in [-0.2, 0) is 6.54 Å². The fraction of sp³-hybridized carbons (Fsp3) is 0.467. The minimum atomic E-state index is 0.00128. The van der Waals surface area contributed by atoms with E-state index in [1.807, 2.05) is 18.2 Å². The number of methoxy groups -OCH3 is 1. The molecule has 1 aromatic carbocycles. The number of nitriles is 2. The molecular weight excluding hydrogens is 238 g/mol. The standard InChI is InChI=1S/C15H17N3O/c1-19-15-6-5-12(8-13(15)9-16)11-18-7-3-2-4-14(18)10-17/h5-6,8,14H,2-4,7,11H2,1H3. The molecule has 0 aliphatic carbocycles. The van der Waals surface area contributed by atoms with Crippen molar-refractivity contribution in [1.82, 2.24) is 4.90 Å². The first-order valence-corrected chi connectivity index (χ1v) is 6.49. The van der Waals surface area contributed by atoms with Crippen LogP contribution >= 0.6 is 0 Å². The molecule has 0 amide bonds. The van der Waals surface area contributed by atoms with E-state index in [0.717, 1.165) is 37.9 Å². The van der Waals surface area contributed by atoms with Gasteiger partial charge in [0.25, 0.3) is 0 Å². The highest BCUT2D eigenvalue weighted by Crippen LogP contribution is 2.23. The van der Waals surface area contributed by atoms with Crippen LogP contribution in [-0.4, -0.2) is 24.6 Å². The molecule has 1 aliphatic rings. The van der Waals surface area contributed by atoms with Gasteiger partial charge in [-0.25, -0.2) is 0 Å². The maximum absolute atomic E-state index is 9.16. The molecule has 0 radical (unpaired) electrons. The lowest BCUT2D eigenvalue weighted by Gasteiger charge is -2.31. The number of benzene rings is 1. The van der Waals surface area contributed by atoms with E-state index in [1.165, 1.54) is 0 Å². The number of nitrogens with zero attached hydrogens (tertiary/aromatic N) is 3. The zero-order chi connectivity index (χ0) is 13.7. The number of likely N-dealkylation sites (tertiary alicyclic amines) is 1. The molecule has 1 saturated heterocycles. The van der Waals surface area contributed by atoms with Crippen LogP contribution in [0.15, 0.2) is 18.2 Å². The Bertz CT molecular complexity index is 527. The maximum Gasteiger partial charge on any atom is 0.136 e. The van der Waals surface area contributed by atoms with E-state index < -0.39 is 0 Å². The molecule has 0 N–H and O–H groups in total. The van der Waals surface area contributed by atoms with Crippen LogP contribution in [0.5, 0.6) is 5.75 Å². The number of hydrogen-bond acceptors (Lipinski definition) is 4. The predicted molar refractivity (Wildman–Crippen MR) is 71.4 cm³/mol. The fourth-order valence-electron chi connectivity index (χ4n) is 2.50. The monoisotopic (exact) mass is 255 g/mol. The van der Waals surface area contributed by atoms with E-state index in [0.29, 0.717) is 11.3 Å². The average molecular weight is 255 g/mol. The highest BCUT2D eigenvalue weighted by molar-refractivity contribution is 5.45. The van der Waals surface area contributed by atoms with Crippen molar-refractivity contribution in [3.05, 3.63) is 29.3 Å². The Balaban J connectivity index is 2.15. The molecule has 4 nitrogen and oxygen atoms in total. The number of piperidine rings is 1. The summed E-state index contributed by atoms with van der Waals surface area (Å²) in [4.78, 5) is 2.19. The summed E-state index contributed by atoms with van der Waals surface area (Å²) < 4.78 is 5.14. The van der Waals surface area contributed by atoms with Crippen LogP contribution in [0.3, 0.4) is 0 Å². The summed E-state index contributed by atoms with van der Waals surface area (Å²) in [5.41, 5.74) is 1.60. The Morgan fingerprint density at radius 1 is 1.37 bits per heavy atom.